The zero-order valence-corrected chi connectivity index (χ0v) is 20.8. The van der Waals surface area contributed by atoms with Crippen molar-refractivity contribution in [2.45, 2.75) is 6.18 Å². The lowest BCUT2D eigenvalue weighted by Gasteiger charge is -2.17. The summed E-state index contributed by atoms with van der Waals surface area (Å²) in [5.41, 5.74) is 1.35. The summed E-state index contributed by atoms with van der Waals surface area (Å²) in [5.74, 6) is -0.233. The highest BCUT2D eigenvalue weighted by Gasteiger charge is 2.34. The van der Waals surface area contributed by atoms with E-state index >= 15 is 0 Å². The van der Waals surface area contributed by atoms with Crippen molar-refractivity contribution < 1.29 is 18.0 Å². The summed E-state index contributed by atoms with van der Waals surface area (Å²) in [4.78, 5) is 21.5. The van der Waals surface area contributed by atoms with Crippen LogP contribution in [-0.2, 0) is 6.18 Å². The number of nitrogens with one attached hydrogen (secondary N) is 2. The molecule has 0 aliphatic carbocycles. The van der Waals surface area contributed by atoms with E-state index in [4.69, 9.17) is 0 Å². The quantitative estimate of drug-likeness (QED) is 0.105. The number of guanidine groups is 1. The maximum Gasteiger partial charge on any atom is 0.418 e. The number of aliphatic imine (C=N–C) groups is 1. The highest BCUT2D eigenvalue weighted by Crippen LogP contribution is 2.39. The number of ketones is 1. The van der Waals surface area contributed by atoms with E-state index in [1.165, 1.54) is 18.3 Å². The fourth-order valence-electron chi connectivity index (χ4n) is 4.36. The van der Waals surface area contributed by atoms with Gasteiger partial charge in [0.2, 0.25) is 12.2 Å². The Balaban J connectivity index is 1.65. The number of carbonyl (C=O) groups is 1. The Morgan fingerprint density at radius 1 is 0.825 bits per heavy atom. The number of hydrogen-bond donors (Lipinski definition) is 2. The Kier molecular flexibility index (Phi) is 7.25. The minimum Gasteiger partial charge on any atom is -0.325 e. The summed E-state index contributed by atoms with van der Waals surface area (Å²) in [6.07, 6.45) is -1.69. The van der Waals surface area contributed by atoms with Gasteiger partial charge in [0.15, 0.2) is 5.78 Å². The molecule has 0 amide bonds. The second kappa shape index (κ2) is 11.1. The number of hydrogen-bond acceptors (Lipinski definition) is 4. The lowest BCUT2D eigenvalue weighted by atomic mass is 9.91. The van der Waals surface area contributed by atoms with E-state index in [2.05, 4.69) is 20.6 Å². The van der Waals surface area contributed by atoms with E-state index < -0.39 is 11.7 Å². The van der Waals surface area contributed by atoms with Gasteiger partial charge in [-0.15, -0.1) is 4.99 Å². The molecule has 0 saturated carbocycles. The first-order chi connectivity index (χ1) is 19.3. The molecule has 0 radical (unpaired) electrons. The zero-order valence-electron chi connectivity index (χ0n) is 20.8. The molecule has 0 unspecified atom stereocenters. The van der Waals surface area contributed by atoms with Gasteiger partial charge in [0.25, 0.3) is 0 Å². The van der Waals surface area contributed by atoms with E-state index in [1.807, 2.05) is 18.2 Å². The van der Waals surface area contributed by atoms with Crippen molar-refractivity contribution in [2.75, 3.05) is 10.6 Å². The van der Waals surface area contributed by atoms with Crippen molar-refractivity contribution in [2.24, 2.45) is 4.99 Å². The molecule has 0 atom stereocenters. The maximum absolute atomic E-state index is 13.9. The largest absolute Gasteiger partial charge is 0.418 e. The molecule has 1 aromatic heterocycles. The third kappa shape index (κ3) is 5.51. The summed E-state index contributed by atoms with van der Waals surface area (Å²) in [7, 11) is 0. The van der Waals surface area contributed by atoms with E-state index in [0.29, 0.717) is 28.1 Å². The number of alkyl halides is 3. The highest BCUT2D eigenvalue weighted by molar-refractivity contribution is 6.17. The van der Waals surface area contributed by atoms with Crippen molar-refractivity contribution in [1.82, 2.24) is 4.98 Å². The summed E-state index contributed by atoms with van der Waals surface area (Å²) < 4.78 is 41.6. The molecule has 9 heteroatoms. The molecule has 2 N–H and O–H groups in total. The van der Waals surface area contributed by atoms with Crippen molar-refractivity contribution in [3.63, 3.8) is 0 Å². The summed E-state index contributed by atoms with van der Waals surface area (Å²) in [5, 5.41) is 15.4. The number of fused-ring (bicyclic) bond motifs is 1. The van der Waals surface area contributed by atoms with E-state index in [0.717, 1.165) is 6.07 Å². The van der Waals surface area contributed by atoms with Gasteiger partial charge in [-0.3, -0.25) is 9.78 Å². The van der Waals surface area contributed by atoms with Crippen molar-refractivity contribution in [3.8, 4) is 17.3 Å². The van der Waals surface area contributed by atoms with E-state index in [1.54, 1.807) is 72.9 Å². The average molecular weight is 536 g/mol. The maximum atomic E-state index is 13.9. The predicted octanol–water partition coefficient (Wildman–Crippen LogP) is 7.51. The number of para-hydroxylation sites is 2. The minimum absolute atomic E-state index is 0.144. The molecule has 40 heavy (non-hydrogen) atoms. The fraction of sp³-hybridized carbons (Fsp3) is 0.0323. The number of rotatable bonds is 5. The molecule has 0 fully saturated rings. The number of nitrogens with zero attached hydrogens (tertiary/aromatic N) is 3. The molecule has 0 saturated heterocycles. The van der Waals surface area contributed by atoms with Crippen molar-refractivity contribution >= 4 is 34.0 Å². The second-order valence-corrected chi connectivity index (χ2v) is 8.70. The normalized spacial score (nSPS) is 11.6. The third-order valence-corrected chi connectivity index (χ3v) is 6.10. The lowest BCUT2D eigenvalue weighted by molar-refractivity contribution is -0.136. The van der Waals surface area contributed by atoms with Crippen LogP contribution < -0.4 is 10.6 Å². The number of anilines is 2. The zero-order chi connectivity index (χ0) is 28.1. The van der Waals surface area contributed by atoms with Crippen molar-refractivity contribution in [1.29, 1.82) is 5.26 Å². The van der Waals surface area contributed by atoms with Crippen LogP contribution in [0.4, 0.5) is 24.5 Å². The summed E-state index contributed by atoms with van der Waals surface area (Å²) >= 11 is 0. The van der Waals surface area contributed by atoms with E-state index in [-0.39, 0.29) is 28.2 Å². The number of nitriles is 1. The minimum atomic E-state index is -4.64. The summed E-state index contributed by atoms with van der Waals surface area (Å²) in [6, 6.07) is 28.1. The number of benzene rings is 4. The van der Waals surface area contributed by atoms with Crippen LogP contribution in [0.15, 0.2) is 114 Å². The van der Waals surface area contributed by atoms with Gasteiger partial charge in [-0.05, 0) is 35.9 Å². The lowest BCUT2D eigenvalue weighted by Crippen LogP contribution is -2.21. The molecule has 1 heterocycles. The highest BCUT2D eigenvalue weighted by atomic mass is 19.4. The van der Waals surface area contributed by atoms with Crippen LogP contribution in [-0.4, -0.2) is 16.7 Å². The molecule has 4 aromatic carbocycles. The van der Waals surface area contributed by atoms with Gasteiger partial charge in [0, 0.05) is 39.6 Å². The molecule has 0 aliphatic heterocycles. The van der Waals surface area contributed by atoms with Gasteiger partial charge in [-0.25, -0.2) is 0 Å². The SMILES string of the molecule is N#C/N=C(/Nc1ccccc1)Nc1cccc(-c2c(C(=O)c3ccccc3)cnc3c(C(F)(F)F)cccc23)c1. The standard InChI is InChI=1S/C31H20F3N5O/c32-31(33,34)26-16-8-15-24-27(25(18-36-28(24)26)29(40)20-9-3-1-4-10-20)21-11-7-14-23(17-21)39-30(37-19-35)38-22-12-5-2-6-13-22/h1-18H,(H2,37,38,39). The molecule has 5 aromatic rings. The smallest absolute Gasteiger partial charge is 0.325 e. The number of carbonyl (C=O) groups excluding carboxylic acids is 1. The molecule has 0 aliphatic rings. The monoisotopic (exact) mass is 535 g/mol. The predicted molar refractivity (Wildman–Crippen MR) is 149 cm³/mol. The van der Waals surface area contributed by atoms with Crippen LogP contribution in [0.2, 0.25) is 0 Å². The Hall–Kier alpha value is -5.49. The summed E-state index contributed by atoms with van der Waals surface area (Å²) in [6.45, 7) is 0. The number of halogens is 3. The van der Waals surface area contributed by atoms with E-state index in [9.17, 15) is 23.2 Å². The van der Waals surface area contributed by atoms with Crippen LogP contribution >= 0.6 is 0 Å². The first-order valence-corrected chi connectivity index (χ1v) is 12.1. The van der Waals surface area contributed by atoms with Gasteiger partial charge >= 0.3 is 6.18 Å². The van der Waals surface area contributed by atoms with Crippen LogP contribution in [0.5, 0.6) is 0 Å². The fourth-order valence-corrected chi connectivity index (χ4v) is 4.36. The van der Waals surface area contributed by atoms with Crippen LogP contribution in [0.25, 0.3) is 22.0 Å². The van der Waals surface area contributed by atoms with Crippen LogP contribution in [0.1, 0.15) is 21.5 Å². The molecule has 5 rings (SSSR count). The second-order valence-electron chi connectivity index (χ2n) is 8.70. The molecular weight excluding hydrogens is 515 g/mol. The third-order valence-electron chi connectivity index (χ3n) is 6.10. The Morgan fingerprint density at radius 2 is 1.48 bits per heavy atom. The first-order valence-electron chi connectivity index (χ1n) is 12.1. The van der Waals surface area contributed by atoms with Gasteiger partial charge in [-0.2, -0.15) is 18.4 Å². The molecule has 0 spiro atoms. The first kappa shape index (κ1) is 26.1. The number of pyridine rings is 1. The van der Waals surface area contributed by atoms with Crippen molar-refractivity contribution in [3.05, 3.63) is 126 Å². The molecule has 196 valence electrons. The topological polar surface area (TPSA) is 90.2 Å². The molecule has 0 bridgehead atoms. The number of aromatic nitrogens is 1. The Bertz CT molecular complexity index is 1760. The Morgan fingerprint density at radius 3 is 2.17 bits per heavy atom. The molecular formula is C31H20F3N5O. The van der Waals surface area contributed by atoms with Crippen LogP contribution in [0, 0.1) is 11.5 Å². The average Bonchev–Trinajstić information content (AvgIpc) is 2.96. The van der Waals surface area contributed by atoms with Gasteiger partial charge in [-0.1, -0.05) is 72.8 Å². The molecule has 6 nitrogen and oxygen atoms in total. The van der Waals surface area contributed by atoms with Gasteiger partial charge in [0.1, 0.15) is 0 Å². The van der Waals surface area contributed by atoms with Gasteiger partial charge in [0.05, 0.1) is 11.1 Å². The van der Waals surface area contributed by atoms with Gasteiger partial charge < -0.3 is 10.6 Å². The van der Waals surface area contributed by atoms with Crippen LogP contribution in [0.3, 0.4) is 0 Å². The Labute approximate surface area is 227 Å².